The van der Waals surface area contributed by atoms with Crippen molar-refractivity contribution < 1.29 is 43.1 Å². The molecule has 4 amide bonds. The number of aliphatic carboxylic acids is 1. The van der Waals surface area contributed by atoms with Gasteiger partial charge in [-0.1, -0.05) is 43.1 Å². The third-order valence-corrected chi connectivity index (χ3v) is 10.1. The SMILES string of the molecule is O=C(C[n+]1ccc(CN2CCC(=CC3=C(C(=O)[O-])N4C(=O)[C@@H](N(S)C(=O)Cc5ccccc5)[C@H]4SC3)C2=O)cc1)Nc1ccc(O)c(F)c1. The highest BCUT2D eigenvalue weighted by atomic mass is 32.2. The van der Waals surface area contributed by atoms with Crippen LogP contribution < -0.4 is 15.0 Å². The molecule has 15 heteroatoms. The molecule has 0 radical (unpaired) electrons. The topological polar surface area (TPSA) is 154 Å². The molecule has 3 aliphatic heterocycles. The Morgan fingerprint density at radius 3 is 2.53 bits per heavy atom. The number of anilines is 1. The maximum Gasteiger partial charge on any atom is 0.290 e. The maximum absolute atomic E-state index is 13.5. The molecule has 252 valence electrons. The minimum Gasteiger partial charge on any atom is -0.543 e. The number of fused-ring (bicyclic) bond motifs is 1. The number of phenols is 1. The number of benzene rings is 2. The van der Waals surface area contributed by atoms with Gasteiger partial charge in [0.15, 0.2) is 30.0 Å². The number of nitrogens with zero attached hydrogens (tertiary/aromatic N) is 4. The van der Waals surface area contributed by atoms with Crippen LogP contribution >= 0.6 is 24.6 Å². The first-order valence-electron chi connectivity index (χ1n) is 15.2. The minimum absolute atomic E-state index is 0.0378. The van der Waals surface area contributed by atoms with Crippen LogP contribution in [-0.4, -0.2) is 72.5 Å². The average molecular weight is 704 g/mol. The van der Waals surface area contributed by atoms with Gasteiger partial charge in [0.05, 0.1) is 18.1 Å². The monoisotopic (exact) mass is 703 g/mol. The van der Waals surface area contributed by atoms with Crippen molar-refractivity contribution in [3.05, 3.63) is 113 Å². The number of phenolic OH excluding ortho intramolecular Hbond substituents is 1. The highest BCUT2D eigenvalue weighted by Crippen LogP contribution is 2.43. The highest BCUT2D eigenvalue weighted by Gasteiger charge is 2.55. The van der Waals surface area contributed by atoms with Gasteiger partial charge < -0.3 is 25.2 Å². The van der Waals surface area contributed by atoms with Crippen LogP contribution in [0, 0.1) is 5.82 Å². The van der Waals surface area contributed by atoms with Crippen LogP contribution in [0.2, 0.25) is 0 Å². The molecule has 0 spiro atoms. The van der Waals surface area contributed by atoms with Gasteiger partial charge in [0.25, 0.3) is 11.8 Å². The smallest absolute Gasteiger partial charge is 0.290 e. The summed E-state index contributed by atoms with van der Waals surface area (Å²) in [7, 11) is 0. The lowest BCUT2D eigenvalue weighted by Gasteiger charge is -2.52. The van der Waals surface area contributed by atoms with E-state index in [9.17, 15) is 38.6 Å². The van der Waals surface area contributed by atoms with E-state index in [0.29, 0.717) is 18.5 Å². The Balaban J connectivity index is 1.07. The van der Waals surface area contributed by atoms with Gasteiger partial charge in [-0.05, 0) is 41.3 Å². The van der Waals surface area contributed by atoms with Gasteiger partial charge in [0.2, 0.25) is 18.4 Å². The number of rotatable bonds is 10. The van der Waals surface area contributed by atoms with Gasteiger partial charge in [0.1, 0.15) is 5.37 Å². The number of thioether (sulfide) groups is 1. The first-order chi connectivity index (χ1) is 23.5. The van der Waals surface area contributed by atoms with Crippen LogP contribution in [0.1, 0.15) is 17.5 Å². The van der Waals surface area contributed by atoms with E-state index < -0.39 is 40.8 Å². The van der Waals surface area contributed by atoms with Gasteiger partial charge >= 0.3 is 0 Å². The van der Waals surface area contributed by atoms with Crippen LogP contribution in [0.15, 0.2) is 96.0 Å². The summed E-state index contributed by atoms with van der Waals surface area (Å²) in [5.41, 5.74) is 2.14. The fourth-order valence-electron chi connectivity index (χ4n) is 5.85. The lowest BCUT2D eigenvalue weighted by molar-refractivity contribution is -0.684. The van der Waals surface area contributed by atoms with Crippen molar-refractivity contribution in [2.24, 2.45) is 0 Å². The second-order valence-corrected chi connectivity index (χ2v) is 13.2. The molecule has 0 unspecified atom stereocenters. The number of pyridine rings is 1. The van der Waals surface area contributed by atoms with Crippen molar-refractivity contribution in [1.82, 2.24) is 14.1 Å². The number of allylic oxidation sites excluding steroid dienone is 1. The molecule has 3 aliphatic rings. The molecule has 2 N–H and O–H groups in total. The van der Waals surface area contributed by atoms with Gasteiger partial charge in [-0.25, -0.2) is 4.39 Å². The number of aromatic hydroxyl groups is 1. The molecule has 2 atom stereocenters. The summed E-state index contributed by atoms with van der Waals surface area (Å²) in [4.78, 5) is 66.8. The van der Waals surface area contributed by atoms with Crippen molar-refractivity contribution >= 4 is 59.9 Å². The molecule has 0 bridgehead atoms. The van der Waals surface area contributed by atoms with Gasteiger partial charge in [-0.15, -0.1) is 11.8 Å². The molecular formula is C34H30FN5O7S2. The molecule has 6 rings (SSSR count). The molecule has 12 nitrogen and oxygen atoms in total. The lowest BCUT2D eigenvalue weighted by atomic mass is 10.0. The van der Waals surface area contributed by atoms with Crippen molar-refractivity contribution in [2.75, 3.05) is 17.6 Å². The second-order valence-electron chi connectivity index (χ2n) is 11.7. The molecular weight excluding hydrogens is 674 g/mol. The molecule has 0 aliphatic carbocycles. The number of carboxylic acids is 1. The Hall–Kier alpha value is -5.15. The number of carboxylic acid groups (broad SMARTS) is 1. The number of amides is 4. The Bertz CT molecular complexity index is 1900. The molecule has 3 aromatic rings. The predicted molar refractivity (Wildman–Crippen MR) is 176 cm³/mol. The number of carbonyl (C=O) groups is 5. The van der Waals surface area contributed by atoms with E-state index in [-0.39, 0.29) is 54.0 Å². The van der Waals surface area contributed by atoms with Crippen molar-refractivity contribution in [1.29, 1.82) is 0 Å². The van der Waals surface area contributed by atoms with Crippen LogP contribution in [-0.2, 0) is 43.5 Å². The summed E-state index contributed by atoms with van der Waals surface area (Å²) in [5.74, 6) is -4.37. The second kappa shape index (κ2) is 14.1. The van der Waals surface area contributed by atoms with Crippen LogP contribution in [0.25, 0.3) is 0 Å². The summed E-state index contributed by atoms with van der Waals surface area (Å²) < 4.78 is 16.2. The first-order valence-corrected chi connectivity index (χ1v) is 16.6. The molecule has 0 saturated carbocycles. The van der Waals surface area contributed by atoms with Crippen LogP contribution in [0.3, 0.4) is 0 Å². The number of nitrogens with one attached hydrogen (secondary N) is 1. The molecule has 2 saturated heterocycles. The summed E-state index contributed by atoms with van der Waals surface area (Å²) in [6.07, 6.45) is 5.28. The van der Waals surface area contributed by atoms with Crippen LogP contribution in [0.5, 0.6) is 5.75 Å². The van der Waals surface area contributed by atoms with E-state index in [0.717, 1.165) is 32.5 Å². The Morgan fingerprint density at radius 1 is 1.10 bits per heavy atom. The number of hydrogen-bond acceptors (Lipinski definition) is 9. The van der Waals surface area contributed by atoms with Gasteiger partial charge in [-0.3, -0.25) is 28.4 Å². The van der Waals surface area contributed by atoms with Gasteiger partial charge in [-0.2, -0.15) is 4.57 Å². The zero-order valence-corrected chi connectivity index (χ0v) is 27.5. The number of carbonyl (C=O) groups excluding carboxylic acids is 5. The largest absolute Gasteiger partial charge is 0.543 e. The zero-order valence-electron chi connectivity index (χ0n) is 25.8. The quantitative estimate of drug-likeness (QED) is 0.0940. The summed E-state index contributed by atoms with van der Waals surface area (Å²) in [5, 5.41) is 23.5. The zero-order chi connectivity index (χ0) is 34.8. The van der Waals surface area contributed by atoms with E-state index >= 15 is 0 Å². The number of likely N-dealkylation sites (tertiary alicyclic amines) is 1. The summed E-state index contributed by atoms with van der Waals surface area (Å²) in [6, 6.07) is 15.1. The van der Waals surface area contributed by atoms with E-state index in [4.69, 9.17) is 0 Å². The number of β-lactam (4-membered cyclic amide) rings is 1. The first kappa shape index (κ1) is 33.7. The van der Waals surface area contributed by atoms with E-state index in [1.54, 1.807) is 58.3 Å². The predicted octanol–water partition coefficient (Wildman–Crippen LogP) is 1.32. The number of hydrogen-bond donors (Lipinski definition) is 3. The minimum atomic E-state index is -1.55. The molecule has 4 heterocycles. The number of thiol groups is 1. The number of aromatic nitrogens is 1. The fraction of sp³-hybridized carbons (Fsp3) is 0.235. The van der Waals surface area contributed by atoms with Crippen LogP contribution in [0.4, 0.5) is 10.1 Å². The fourth-order valence-corrected chi connectivity index (χ4v) is 7.59. The lowest BCUT2D eigenvalue weighted by Crippen LogP contribution is -2.70. The average Bonchev–Trinajstić information content (AvgIpc) is 3.41. The third-order valence-electron chi connectivity index (χ3n) is 8.33. The molecule has 2 aromatic carbocycles. The summed E-state index contributed by atoms with van der Waals surface area (Å²) >= 11 is 5.59. The van der Waals surface area contributed by atoms with Crippen molar-refractivity contribution in [2.45, 2.75) is 37.3 Å². The standard InChI is InChI=1S/C34H30FN5O7S2/c35-25-16-24(6-7-26(25)41)36-27(42)18-37-11-8-21(9-12-37)17-38-13-10-22(31(38)44)15-23-19-49-33-30(32(45)39(33)29(23)34(46)47)40(48)28(43)14-20-4-2-1-3-5-20/h1-9,11-12,15-16,30,33,48H,10,13-14,17-19H2,(H2-,36,41,42,46,47)/t30-,33-/m1/s1. The summed E-state index contributed by atoms with van der Waals surface area (Å²) in [6.45, 7) is 0.626. The maximum atomic E-state index is 13.5. The van der Waals surface area contributed by atoms with Gasteiger partial charge in [0, 0.05) is 48.3 Å². The highest BCUT2D eigenvalue weighted by molar-refractivity contribution is 8.00. The van der Waals surface area contributed by atoms with E-state index in [1.165, 1.54) is 23.9 Å². The third kappa shape index (κ3) is 7.17. The number of halogens is 1. The molecule has 2 fully saturated rings. The van der Waals surface area contributed by atoms with Crippen molar-refractivity contribution in [3.63, 3.8) is 0 Å². The Morgan fingerprint density at radius 2 is 1.84 bits per heavy atom. The molecule has 1 aromatic heterocycles. The van der Waals surface area contributed by atoms with E-state index in [2.05, 4.69) is 18.1 Å². The molecule has 49 heavy (non-hydrogen) atoms. The Kier molecular flexibility index (Phi) is 9.74. The van der Waals surface area contributed by atoms with Crippen molar-refractivity contribution in [3.8, 4) is 5.75 Å². The normalized spacial score (nSPS) is 19.5. The van der Waals surface area contributed by atoms with E-state index in [1.807, 2.05) is 6.07 Å². The Labute approximate surface area is 290 Å².